The average Bonchev–Trinajstić information content (AvgIpc) is 2.76. The van der Waals surface area contributed by atoms with Crippen LogP contribution < -0.4 is 5.32 Å². The summed E-state index contributed by atoms with van der Waals surface area (Å²) in [7, 11) is 2.20. The summed E-state index contributed by atoms with van der Waals surface area (Å²) in [6.45, 7) is 10.0. The highest BCUT2D eigenvalue weighted by atomic mass is 32.1. The summed E-state index contributed by atoms with van der Waals surface area (Å²) in [5.41, 5.74) is 0. The van der Waals surface area contributed by atoms with Gasteiger partial charge < -0.3 is 5.32 Å². The van der Waals surface area contributed by atoms with Crippen molar-refractivity contribution in [3.8, 4) is 0 Å². The summed E-state index contributed by atoms with van der Waals surface area (Å²) in [6.07, 6.45) is 0. The average molecular weight is 240 g/mol. The topological polar surface area (TPSA) is 15.3 Å². The van der Waals surface area contributed by atoms with Crippen molar-refractivity contribution in [2.24, 2.45) is 5.92 Å². The van der Waals surface area contributed by atoms with Crippen molar-refractivity contribution in [1.82, 2.24) is 10.2 Å². The van der Waals surface area contributed by atoms with Crippen LogP contribution in [0.3, 0.4) is 0 Å². The molecule has 0 amide bonds. The first-order valence-electron chi connectivity index (χ1n) is 6.05. The van der Waals surface area contributed by atoms with Crippen molar-refractivity contribution in [3.63, 3.8) is 0 Å². The summed E-state index contributed by atoms with van der Waals surface area (Å²) in [5, 5.41) is 5.63. The number of hydrogen-bond acceptors (Lipinski definition) is 3. The van der Waals surface area contributed by atoms with Crippen LogP contribution in [0.2, 0.25) is 0 Å². The molecular weight excluding hydrogens is 216 g/mol. The van der Waals surface area contributed by atoms with Crippen LogP contribution in [-0.4, -0.2) is 31.6 Å². The number of nitrogens with one attached hydrogen (secondary N) is 1. The van der Waals surface area contributed by atoms with Crippen molar-refractivity contribution in [2.75, 3.05) is 26.7 Å². The zero-order valence-electron chi connectivity index (χ0n) is 10.9. The highest BCUT2D eigenvalue weighted by molar-refractivity contribution is 7.10. The Morgan fingerprint density at radius 3 is 2.69 bits per heavy atom. The van der Waals surface area contributed by atoms with Crippen molar-refractivity contribution >= 4 is 11.3 Å². The standard InChI is InChI=1S/C13H24N2S/c1-11(2)10-14-7-8-15(4)12(3)13-6-5-9-16-13/h5-6,9,11-12,14H,7-8,10H2,1-4H3. The highest BCUT2D eigenvalue weighted by Crippen LogP contribution is 2.22. The van der Waals surface area contributed by atoms with Crippen LogP contribution in [0.15, 0.2) is 17.5 Å². The Morgan fingerprint density at radius 1 is 1.38 bits per heavy atom. The van der Waals surface area contributed by atoms with Gasteiger partial charge in [-0.2, -0.15) is 0 Å². The van der Waals surface area contributed by atoms with E-state index in [9.17, 15) is 0 Å². The molecule has 1 atom stereocenters. The third-order valence-electron chi connectivity index (χ3n) is 2.81. The van der Waals surface area contributed by atoms with Gasteiger partial charge in [0.1, 0.15) is 0 Å². The van der Waals surface area contributed by atoms with Crippen molar-refractivity contribution in [2.45, 2.75) is 26.8 Å². The SMILES string of the molecule is CC(C)CNCCN(C)C(C)c1cccs1. The van der Waals surface area contributed by atoms with Crippen LogP contribution in [0.25, 0.3) is 0 Å². The Labute approximate surface area is 104 Å². The predicted molar refractivity (Wildman–Crippen MR) is 73.1 cm³/mol. The lowest BCUT2D eigenvalue weighted by molar-refractivity contribution is 0.263. The molecule has 1 aromatic heterocycles. The predicted octanol–water partition coefficient (Wildman–Crippen LogP) is 2.99. The fraction of sp³-hybridized carbons (Fsp3) is 0.692. The van der Waals surface area contributed by atoms with E-state index in [1.54, 1.807) is 0 Å². The van der Waals surface area contributed by atoms with Crippen LogP contribution in [0.1, 0.15) is 31.7 Å². The van der Waals surface area contributed by atoms with Gasteiger partial charge in [-0.15, -0.1) is 11.3 Å². The quantitative estimate of drug-likeness (QED) is 0.737. The number of rotatable bonds is 7. The molecule has 0 saturated carbocycles. The highest BCUT2D eigenvalue weighted by Gasteiger charge is 2.11. The molecule has 1 unspecified atom stereocenters. The molecule has 0 bridgehead atoms. The molecule has 0 fully saturated rings. The van der Waals surface area contributed by atoms with Gasteiger partial charge in [0.05, 0.1) is 0 Å². The fourth-order valence-corrected chi connectivity index (χ4v) is 2.43. The molecule has 0 radical (unpaired) electrons. The molecule has 1 rings (SSSR count). The number of thiophene rings is 1. The zero-order valence-corrected chi connectivity index (χ0v) is 11.7. The van der Waals surface area contributed by atoms with Crippen molar-refractivity contribution in [3.05, 3.63) is 22.4 Å². The molecule has 92 valence electrons. The number of likely N-dealkylation sites (N-methyl/N-ethyl adjacent to an activating group) is 1. The van der Waals surface area contributed by atoms with Crippen molar-refractivity contribution in [1.29, 1.82) is 0 Å². The lowest BCUT2D eigenvalue weighted by Gasteiger charge is -2.24. The first kappa shape index (κ1) is 13.7. The summed E-state index contributed by atoms with van der Waals surface area (Å²) in [4.78, 5) is 3.85. The second kappa shape index (κ2) is 7.05. The molecule has 0 aliphatic carbocycles. The Balaban J connectivity index is 2.22. The maximum Gasteiger partial charge on any atom is 0.0410 e. The van der Waals surface area contributed by atoms with Crippen molar-refractivity contribution < 1.29 is 0 Å². The Hall–Kier alpha value is -0.380. The van der Waals surface area contributed by atoms with E-state index in [4.69, 9.17) is 0 Å². The van der Waals surface area contributed by atoms with Gasteiger partial charge in [-0.25, -0.2) is 0 Å². The van der Waals surface area contributed by atoms with E-state index in [-0.39, 0.29) is 0 Å². The molecule has 16 heavy (non-hydrogen) atoms. The minimum absolute atomic E-state index is 0.529. The van der Waals surface area contributed by atoms with Crippen LogP contribution in [-0.2, 0) is 0 Å². The van der Waals surface area contributed by atoms with Crippen LogP contribution in [0.5, 0.6) is 0 Å². The second-order valence-electron chi connectivity index (χ2n) is 4.77. The smallest absolute Gasteiger partial charge is 0.0410 e. The Morgan fingerprint density at radius 2 is 2.12 bits per heavy atom. The maximum absolute atomic E-state index is 3.48. The van der Waals surface area contributed by atoms with E-state index in [1.165, 1.54) is 4.88 Å². The summed E-state index contributed by atoms with van der Waals surface area (Å²) >= 11 is 1.84. The molecular formula is C13H24N2S. The first-order valence-corrected chi connectivity index (χ1v) is 6.93. The van der Waals surface area contributed by atoms with Gasteiger partial charge in [-0.3, -0.25) is 4.90 Å². The Kier molecular flexibility index (Phi) is 6.03. The molecule has 1 N–H and O–H groups in total. The van der Waals surface area contributed by atoms with Gasteiger partial charge in [0, 0.05) is 24.0 Å². The lowest BCUT2D eigenvalue weighted by Crippen LogP contribution is -2.32. The lowest BCUT2D eigenvalue weighted by atomic mass is 10.2. The van der Waals surface area contributed by atoms with Gasteiger partial charge >= 0.3 is 0 Å². The Bertz CT molecular complexity index is 269. The van der Waals surface area contributed by atoms with Gasteiger partial charge in [0.2, 0.25) is 0 Å². The first-order chi connectivity index (χ1) is 7.61. The number of nitrogens with zero attached hydrogens (tertiary/aromatic N) is 1. The molecule has 2 nitrogen and oxygen atoms in total. The largest absolute Gasteiger partial charge is 0.315 e. The van der Waals surface area contributed by atoms with Gasteiger partial charge in [-0.05, 0) is 37.9 Å². The van der Waals surface area contributed by atoms with E-state index in [1.807, 2.05) is 11.3 Å². The molecule has 1 aromatic rings. The third kappa shape index (κ3) is 4.64. The maximum atomic E-state index is 3.48. The normalized spacial score (nSPS) is 13.6. The summed E-state index contributed by atoms with van der Waals surface area (Å²) in [6, 6.07) is 4.87. The van der Waals surface area contributed by atoms with E-state index < -0.39 is 0 Å². The molecule has 3 heteroatoms. The van der Waals surface area contributed by atoms with Gasteiger partial charge in [-0.1, -0.05) is 19.9 Å². The minimum atomic E-state index is 0.529. The molecule has 1 heterocycles. The monoisotopic (exact) mass is 240 g/mol. The fourth-order valence-electron chi connectivity index (χ4n) is 1.59. The third-order valence-corrected chi connectivity index (χ3v) is 3.85. The molecule has 0 spiro atoms. The summed E-state index contributed by atoms with van der Waals surface area (Å²) < 4.78 is 0. The van der Waals surface area contributed by atoms with E-state index in [2.05, 4.69) is 55.5 Å². The zero-order chi connectivity index (χ0) is 12.0. The number of hydrogen-bond donors (Lipinski definition) is 1. The van der Waals surface area contributed by atoms with E-state index >= 15 is 0 Å². The second-order valence-corrected chi connectivity index (χ2v) is 5.75. The molecule has 0 aliphatic rings. The van der Waals surface area contributed by atoms with Gasteiger partial charge in [0.25, 0.3) is 0 Å². The van der Waals surface area contributed by atoms with Crippen LogP contribution >= 0.6 is 11.3 Å². The van der Waals surface area contributed by atoms with Crippen LogP contribution in [0, 0.1) is 5.92 Å². The van der Waals surface area contributed by atoms with E-state index in [0.29, 0.717) is 6.04 Å². The summed E-state index contributed by atoms with van der Waals surface area (Å²) in [5.74, 6) is 0.736. The van der Waals surface area contributed by atoms with Gasteiger partial charge in [0.15, 0.2) is 0 Å². The molecule has 0 aromatic carbocycles. The van der Waals surface area contributed by atoms with E-state index in [0.717, 1.165) is 25.6 Å². The molecule has 0 saturated heterocycles. The van der Waals surface area contributed by atoms with Crippen LogP contribution in [0.4, 0.5) is 0 Å². The molecule has 0 aliphatic heterocycles. The minimum Gasteiger partial charge on any atom is -0.315 e.